The first kappa shape index (κ1) is 20.3. The maximum Gasteiger partial charge on any atom is 0.261 e. The number of hydrogen-bond donors (Lipinski definition) is 2. The van der Waals surface area contributed by atoms with Crippen LogP contribution in [0, 0.1) is 0 Å². The van der Waals surface area contributed by atoms with Crippen LogP contribution in [0.5, 0.6) is 0 Å². The molecular formula is C20H17ClN2O3S2. The van der Waals surface area contributed by atoms with Crippen LogP contribution in [0.25, 0.3) is 0 Å². The third-order valence-corrected chi connectivity index (χ3v) is 6.28. The maximum atomic E-state index is 12.3. The predicted octanol–water partition coefficient (Wildman–Crippen LogP) is 4.87. The van der Waals surface area contributed by atoms with Crippen molar-refractivity contribution >= 4 is 50.7 Å². The summed E-state index contributed by atoms with van der Waals surface area (Å²) >= 11 is 7.25. The average Bonchev–Trinajstić information content (AvgIpc) is 2.68. The topological polar surface area (TPSA) is 75.3 Å². The van der Waals surface area contributed by atoms with Crippen LogP contribution in [-0.2, 0) is 14.8 Å². The summed E-state index contributed by atoms with van der Waals surface area (Å²) < 4.78 is 27.2. The number of benzene rings is 3. The van der Waals surface area contributed by atoms with E-state index in [9.17, 15) is 13.2 Å². The molecule has 0 spiro atoms. The molecule has 0 aromatic heterocycles. The molecule has 5 nitrogen and oxygen atoms in total. The summed E-state index contributed by atoms with van der Waals surface area (Å²) in [6, 6.07) is 22.0. The molecule has 0 saturated heterocycles. The number of nitrogens with one attached hydrogen (secondary N) is 2. The molecule has 0 aliphatic rings. The first-order valence-electron chi connectivity index (χ1n) is 8.28. The summed E-state index contributed by atoms with van der Waals surface area (Å²) in [7, 11) is -3.62. The van der Waals surface area contributed by atoms with Gasteiger partial charge in [-0.1, -0.05) is 35.9 Å². The number of carbonyl (C=O) groups is 1. The third-order valence-electron chi connectivity index (χ3n) is 3.64. The van der Waals surface area contributed by atoms with Gasteiger partial charge in [0.15, 0.2) is 0 Å². The van der Waals surface area contributed by atoms with Gasteiger partial charge >= 0.3 is 0 Å². The normalized spacial score (nSPS) is 11.0. The summed E-state index contributed by atoms with van der Waals surface area (Å²) in [5.41, 5.74) is 1.10. The lowest BCUT2D eigenvalue weighted by atomic mass is 10.3. The standard InChI is InChI=1S/C20H17ClN2O3S2/c21-15-5-4-6-17(13-15)22-20(24)14-27-18-11-9-16(10-12-18)23-28(25,26)19-7-2-1-3-8-19/h1-13,23H,14H2,(H,22,24). The van der Waals surface area contributed by atoms with Gasteiger partial charge in [0.25, 0.3) is 10.0 Å². The number of thioether (sulfide) groups is 1. The molecule has 3 aromatic carbocycles. The number of sulfonamides is 1. The van der Waals surface area contributed by atoms with Gasteiger partial charge in [-0.05, 0) is 54.6 Å². The van der Waals surface area contributed by atoms with Crippen molar-refractivity contribution in [2.24, 2.45) is 0 Å². The van der Waals surface area contributed by atoms with E-state index in [0.29, 0.717) is 16.4 Å². The lowest BCUT2D eigenvalue weighted by molar-refractivity contribution is -0.113. The van der Waals surface area contributed by atoms with E-state index in [1.165, 1.54) is 23.9 Å². The largest absolute Gasteiger partial charge is 0.325 e. The number of rotatable bonds is 7. The van der Waals surface area contributed by atoms with Crippen molar-refractivity contribution in [2.75, 3.05) is 15.8 Å². The maximum absolute atomic E-state index is 12.3. The molecule has 8 heteroatoms. The second kappa shape index (κ2) is 9.14. The lowest BCUT2D eigenvalue weighted by Gasteiger charge is -2.09. The molecule has 0 heterocycles. The monoisotopic (exact) mass is 432 g/mol. The van der Waals surface area contributed by atoms with Gasteiger partial charge in [-0.25, -0.2) is 8.42 Å². The Morgan fingerprint density at radius 2 is 1.61 bits per heavy atom. The minimum absolute atomic E-state index is 0.152. The number of carbonyl (C=O) groups excluding carboxylic acids is 1. The molecular weight excluding hydrogens is 416 g/mol. The van der Waals surface area contributed by atoms with E-state index in [4.69, 9.17) is 11.6 Å². The molecule has 0 bridgehead atoms. The number of anilines is 2. The fourth-order valence-corrected chi connectivity index (χ4v) is 4.31. The first-order chi connectivity index (χ1) is 13.4. The summed E-state index contributed by atoms with van der Waals surface area (Å²) in [5.74, 6) is 0.0721. The van der Waals surface area contributed by atoms with Crippen LogP contribution in [0.2, 0.25) is 5.02 Å². The van der Waals surface area contributed by atoms with Crippen LogP contribution in [0.1, 0.15) is 0 Å². The first-order valence-corrected chi connectivity index (χ1v) is 11.1. The Bertz CT molecular complexity index is 1060. The van der Waals surface area contributed by atoms with E-state index < -0.39 is 10.0 Å². The zero-order valence-corrected chi connectivity index (χ0v) is 17.0. The zero-order chi connectivity index (χ0) is 20.0. The van der Waals surface area contributed by atoms with Gasteiger partial charge in [-0.2, -0.15) is 0 Å². The van der Waals surface area contributed by atoms with Crippen molar-refractivity contribution in [1.82, 2.24) is 0 Å². The molecule has 1 amide bonds. The molecule has 2 N–H and O–H groups in total. The number of hydrogen-bond acceptors (Lipinski definition) is 4. The van der Waals surface area contributed by atoms with Gasteiger partial charge in [-0.3, -0.25) is 9.52 Å². The molecule has 28 heavy (non-hydrogen) atoms. The molecule has 144 valence electrons. The minimum Gasteiger partial charge on any atom is -0.325 e. The Kier molecular flexibility index (Phi) is 6.61. The quantitative estimate of drug-likeness (QED) is 0.522. The van der Waals surface area contributed by atoms with E-state index in [1.54, 1.807) is 66.7 Å². The van der Waals surface area contributed by atoms with Crippen LogP contribution in [0.15, 0.2) is 88.7 Å². The minimum atomic E-state index is -3.62. The van der Waals surface area contributed by atoms with Gasteiger partial charge in [0, 0.05) is 21.3 Å². The molecule has 0 radical (unpaired) electrons. The number of amides is 1. The van der Waals surface area contributed by atoms with Crippen molar-refractivity contribution in [3.8, 4) is 0 Å². The van der Waals surface area contributed by atoms with Gasteiger partial charge in [0.1, 0.15) is 0 Å². The van der Waals surface area contributed by atoms with Crippen molar-refractivity contribution in [1.29, 1.82) is 0 Å². The molecule has 0 unspecified atom stereocenters. The van der Waals surface area contributed by atoms with E-state index in [0.717, 1.165) is 4.90 Å². The summed E-state index contributed by atoms with van der Waals surface area (Å²) in [4.78, 5) is 13.1. The lowest BCUT2D eigenvalue weighted by Crippen LogP contribution is -2.14. The second-order valence-electron chi connectivity index (χ2n) is 5.79. The van der Waals surface area contributed by atoms with Crippen molar-refractivity contribution in [3.05, 3.63) is 83.9 Å². The van der Waals surface area contributed by atoms with Gasteiger partial charge in [0.2, 0.25) is 5.91 Å². The van der Waals surface area contributed by atoms with E-state index in [1.807, 2.05) is 0 Å². The van der Waals surface area contributed by atoms with Crippen LogP contribution >= 0.6 is 23.4 Å². The molecule has 0 fully saturated rings. The summed E-state index contributed by atoms with van der Waals surface area (Å²) in [5, 5.41) is 3.33. The van der Waals surface area contributed by atoms with Gasteiger partial charge in [-0.15, -0.1) is 11.8 Å². The van der Waals surface area contributed by atoms with Crippen LogP contribution in [-0.4, -0.2) is 20.1 Å². The Morgan fingerprint density at radius 3 is 2.29 bits per heavy atom. The molecule has 0 saturated carbocycles. The highest BCUT2D eigenvalue weighted by atomic mass is 35.5. The average molecular weight is 433 g/mol. The Hall–Kier alpha value is -2.48. The van der Waals surface area contributed by atoms with Gasteiger partial charge < -0.3 is 5.32 Å². The smallest absolute Gasteiger partial charge is 0.261 e. The van der Waals surface area contributed by atoms with Crippen molar-refractivity contribution in [3.63, 3.8) is 0 Å². The molecule has 3 rings (SSSR count). The summed E-state index contributed by atoms with van der Waals surface area (Å²) in [6.45, 7) is 0. The van der Waals surface area contributed by atoms with E-state index in [-0.39, 0.29) is 16.6 Å². The van der Waals surface area contributed by atoms with Crippen LogP contribution < -0.4 is 10.0 Å². The van der Waals surface area contributed by atoms with Gasteiger partial charge in [0.05, 0.1) is 10.6 Å². The van der Waals surface area contributed by atoms with Crippen molar-refractivity contribution in [2.45, 2.75) is 9.79 Å². The van der Waals surface area contributed by atoms with Crippen LogP contribution in [0.3, 0.4) is 0 Å². The second-order valence-corrected chi connectivity index (χ2v) is 8.96. The zero-order valence-electron chi connectivity index (χ0n) is 14.6. The van der Waals surface area contributed by atoms with E-state index in [2.05, 4.69) is 10.0 Å². The number of halogens is 1. The SMILES string of the molecule is O=C(CSc1ccc(NS(=O)(=O)c2ccccc2)cc1)Nc1cccc(Cl)c1. The predicted molar refractivity (Wildman–Crippen MR) is 114 cm³/mol. The highest BCUT2D eigenvalue weighted by Gasteiger charge is 2.13. The Morgan fingerprint density at radius 1 is 0.893 bits per heavy atom. The fraction of sp³-hybridized carbons (Fsp3) is 0.0500. The third kappa shape index (κ3) is 5.76. The molecule has 0 atom stereocenters. The fourth-order valence-electron chi connectivity index (χ4n) is 2.35. The molecule has 3 aromatic rings. The molecule has 0 aliphatic heterocycles. The highest BCUT2D eigenvalue weighted by Crippen LogP contribution is 2.23. The Balaban J connectivity index is 1.55. The van der Waals surface area contributed by atoms with Crippen molar-refractivity contribution < 1.29 is 13.2 Å². The van der Waals surface area contributed by atoms with Crippen LogP contribution in [0.4, 0.5) is 11.4 Å². The molecule has 0 aliphatic carbocycles. The van der Waals surface area contributed by atoms with E-state index >= 15 is 0 Å². The highest BCUT2D eigenvalue weighted by molar-refractivity contribution is 8.00. The Labute approximate surface area is 173 Å². The summed E-state index contributed by atoms with van der Waals surface area (Å²) in [6.07, 6.45) is 0.